The number of hydrogen-bond acceptors (Lipinski definition) is 4. The van der Waals surface area contributed by atoms with Gasteiger partial charge in [0.25, 0.3) is 0 Å². The molecular weight excluding hydrogens is 284 g/mol. The second kappa shape index (κ2) is 4.41. The van der Waals surface area contributed by atoms with E-state index in [9.17, 15) is 0 Å². The number of aromatic nitrogens is 1. The van der Waals surface area contributed by atoms with Gasteiger partial charge >= 0.3 is 0 Å². The quantitative estimate of drug-likeness (QED) is 0.923. The van der Waals surface area contributed by atoms with Crippen molar-refractivity contribution in [1.29, 1.82) is 0 Å². The lowest BCUT2D eigenvalue weighted by atomic mass is 10.0. The van der Waals surface area contributed by atoms with E-state index in [1.165, 1.54) is 0 Å². The van der Waals surface area contributed by atoms with Gasteiger partial charge in [-0.3, -0.25) is 0 Å². The van der Waals surface area contributed by atoms with Crippen molar-refractivity contribution in [2.75, 3.05) is 12.8 Å². The van der Waals surface area contributed by atoms with Crippen LogP contribution < -0.4 is 10.5 Å². The zero-order valence-corrected chi connectivity index (χ0v) is 11.5. The molecule has 2 rings (SSSR count). The fourth-order valence-electron chi connectivity index (χ4n) is 1.70. The van der Waals surface area contributed by atoms with Gasteiger partial charge in [0.1, 0.15) is 5.75 Å². The first-order valence-electron chi connectivity index (χ1n) is 5.10. The highest BCUT2D eigenvalue weighted by molar-refractivity contribution is 9.10. The maximum Gasteiger partial charge on any atom is 0.230 e. The van der Waals surface area contributed by atoms with Crippen LogP contribution in [-0.2, 0) is 0 Å². The minimum Gasteiger partial charge on any atom is -0.495 e. The highest BCUT2D eigenvalue weighted by Gasteiger charge is 2.17. The second-order valence-corrected chi connectivity index (χ2v) is 4.61. The molecule has 0 atom stereocenters. The molecule has 0 saturated heterocycles. The smallest absolute Gasteiger partial charge is 0.230 e. The summed E-state index contributed by atoms with van der Waals surface area (Å²) >= 11 is 3.54. The van der Waals surface area contributed by atoms with Gasteiger partial charge in [0.05, 0.1) is 23.3 Å². The Morgan fingerprint density at radius 1 is 1.35 bits per heavy atom. The minimum absolute atomic E-state index is 0.290. The molecule has 0 bridgehead atoms. The first-order chi connectivity index (χ1) is 8.06. The summed E-state index contributed by atoms with van der Waals surface area (Å²) in [5.41, 5.74) is 9.64. The number of anilines is 1. The SMILES string of the molecule is COc1c(-c2cnoc2N)cc(C)c(C)c1Br. The first kappa shape index (κ1) is 12.0. The number of nitrogens with zero attached hydrogens (tertiary/aromatic N) is 1. The average molecular weight is 297 g/mol. The summed E-state index contributed by atoms with van der Waals surface area (Å²) < 4.78 is 11.2. The molecule has 0 radical (unpaired) electrons. The highest BCUT2D eigenvalue weighted by Crippen LogP contribution is 2.41. The van der Waals surface area contributed by atoms with Crippen LogP contribution in [0, 0.1) is 13.8 Å². The lowest BCUT2D eigenvalue weighted by Gasteiger charge is -2.13. The monoisotopic (exact) mass is 296 g/mol. The second-order valence-electron chi connectivity index (χ2n) is 3.82. The largest absolute Gasteiger partial charge is 0.495 e. The molecule has 90 valence electrons. The number of ether oxygens (including phenoxy) is 1. The summed E-state index contributed by atoms with van der Waals surface area (Å²) in [7, 11) is 1.63. The molecule has 0 fully saturated rings. The molecular formula is C12H13BrN2O2. The van der Waals surface area contributed by atoms with Crippen LogP contribution in [0.4, 0.5) is 5.88 Å². The average Bonchev–Trinajstić information content (AvgIpc) is 2.72. The fraction of sp³-hybridized carbons (Fsp3) is 0.250. The van der Waals surface area contributed by atoms with Crippen molar-refractivity contribution in [3.8, 4) is 16.9 Å². The third-order valence-corrected chi connectivity index (χ3v) is 3.77. The predicted octanol–water partition coefficient (Wildman–Crippen LogP) is 3.31. The molecule has 1 aromatic heterocycles. The maximum atomic E-state index is 5.73. The van der Waals surface area contributed by atoms with E-state index in [1.54, 1.807) is 13.3 Å². The number of methoxy groups -OCH3 is 1. The Bertz CT molecular complexity index is 564. The molecule has 4 nitrogen and oxygen atoms in total. The number of nitrogen functional groups attached to an aromatic ring is 1. The number of aryl methyl sites for hydroxylation is 1. The molecule has 0 saturated carbocycles. The van der Waals surface area contributed by atoms with E-state index in [4.69, 9.17) is 15.0 Å². The Morgan fingerprint density at radius 2 is 2.06 bits per heavy atom. The van der Waals surface area contributed by atoms with Crippen molar-refractivity contribution in [3.05, 3.63) is 27.9 Å². The summed E-state index contributed by atoms with van der Waals surface area (Å²) in [4.78, 5) is 0. The molecule has 2 aromatic rings. The molecule has 1 aromatic carbocycles. The van der Waals surface area contributed by atoms with Gasteiger partial charge in [0, 0.05) is 5.56 Å². The van der Waals surface area contributed by atoms with Crippen molar-refractivity contribution in [3.63, 3.8) is 0 Å². The summed E-state index contributed by atoms with van der Waals surface area (Å²) in [6, 6.07) is 2.02. The third kappa shape index (κ3) is 1.91. The fourth-order valence-corrected chi connectivity index (χ4v) is 2.39. The normalized spacial score (nSPS) is 10.6. The summed E-state index contributed by atoms with van der Waals surface area (Å²) in [6.07, 6.45) is 1.59. The lowest BCUT2D eigenvalue weighted by molar-refractivity contribution is 0.413. The standard InChI is InChI=1S/C12H13BrN2O2/c1-6-4-8(9-5-15-17-12(9)14)11(16-3)10(13)7(6)2/h4-5H,14H2,1-3H3. The van der Waals surface area contributed by atoms with Gasteiger partial charge in [-0.15, -0.1) is 0 Å². The topological polar surface area (TPSA) is 61.3 Å². The molecule has 2 N–H and O–H groups in total. The van der Waals surface area contributed by atoms with Crippen molar-refractivity contribution in [1.82, 2.24) is 5.16 Å². The van der Waals surface area contributed by atoms with E-state index in [-0.39, 0.29) is 0 Å². The van der Waals surface area contributed by atoms with Crippen molar-refractivity contribution < 1.29 is 9.26 Å². The van der Waals surface area contributed by atoms with Crippen LogP contribution in [-0.4, -0.2) is 12.3 Å². The molecule has 0 spiro atoms. The van der Waals surface area contributed by atoms with E-state index in [2.05, 4.69) is 21.1 Å². The zero-order valence-electron chi connectivity index (χ0n) is 9.87. The van der Waals surface area contributed by atoms with Crippen LogP contribution in [0.3, 0.4) is 0 Å². The Balaban J connectivity index is 2.74. The van der Waals surface area contributed by atoms with Gasteiger partial charge in [-0.2, -0.15) is 0 Å². The van der Waals surface area contributed by atoms with E-state index in [1.807, 2.05) is 19.9 Å². The summed E-state index contributed by atoms with van der Waals surface area (Å²) in [6.45, 7) is 4.06. The molecule has 0 unspecified atom stereocenters. The van der Waals surface area contributed by atoms with E-state index in [0.717, 1.165) is 32.5 Å². The molecule has 1 heterocycles. The van der Waals surface area contributed by atoms with Gasteiger partial charge in [-0.05, 0) is 47.0 Å². The first-order valence-corrected chi connectivity index (χ1v) is 5.89. The van der Waals surface area contributed by atoms with Crippen molar-refractivity contribution >= 4 is 21.8 Å². The Morgan fingerprint density at radius 3 is 2.59 bits per heavy atom. The van der Waals surface area contributed by atoms with E-state index in [0.29, 0.717) is 5.88 Å². The minimum atomic E-state index is 0.290. The molecule has 5 heteroatoms. The zero-order chi connectivity index (χ0) is 12.6. The van der Waals surface area contributed by atoms with Crippen LogP contribution in [0.2, 0.25) is 0 Å². The van der Waals surface area contributed by atoms with E-state index < -0.39 is 0 Å². The predicted molar refractivity (Wildman–Crippen MR) is 70.1 cm³/mol. The summed E-state index contributed by atoms with van der Waals surface area (Å²) in [5.74, 6) is 1.03. The van der Waals surface area contributed by atoms with Crippen LogP contribution in [0.25, 0.3) is 11.1 Å². The molecule has 0 aliphatic carbocycles. The van der Waals surface area contributed by atoms with Crippen LogP contribution in [0.5, 0.6) is 5.75 Å². The van der Waals surface area contributed by atoms with Gasteiger partial charge in [0.2, 0.25) is 5.88 Å². The molecule has 0 amide bonds. The number of halogens is 1. The summed E-state index contributed by atoms with van der Waals surface area (Å²) in [5, 5.41) is 3.68. The van der Waals surface area contributed by atoms with Gasteiger partial charge in [-0.25, -0.2) is 0 Å². The van der Waals surface area contributed by atoms with Crippen LogP contribution in [0.1, 0.15) is 11.1 Å². The van der Waals surface area contributed by atoms with Crippen LogP contribution in [0.15, 0.2) is 21.3 Å². The maximum absolute atomic E-state index is 5.73. The Labute approximate surface area is 108 Å². The van der Waals surface area contributed by atoms with Crippen LogP contribution >= 0.6 is 15.9 Å². The lowest BCUT2D eigenvalue weighted by Crippen LogP contribution is -1.95. The Kier molecular flexibility index (Phi) is 3.11. The number of rotatable bonds is 2. The molecule has 0 aliphatic heterocycles. The number of nitrogens with two attached hydrogens (primary N) is 1. The van der Waals surface area contributed by atoms with Crippen molar-refractivity contribution in [2.45, 2.75) is 13.8 Å². The third-order valence-electron chi connectivity index (χ3n) is 2.82. The van der Waals surface area contributed by atoms with Gasteiger partial charge < -0.3 is 15.0 Å². The Hall–Kier alpha value is -1.49. The number of benzene rings is 1. The molecule has 17 heavy (non-hydrogen) atoms. The molecule has 0 aliphatic rings. The highest BCUT2D eigenvalue weighted by atomic mass is 79.9. The van der Waals surface area contributed by atoms with E-state index >= 15 is 0 Å². The van der Waals surface area contributed by atoms with Gasteiger partial charge in [-0.1, -0.05) is 5.16 Å². The van der Waals surface area contributed by atoms with Gasteiger partial charge in [0.15, 0.2) is 0 Å². The van der Waals surface area contributed by atoms with Crippen molar-refractivity contribution in [2.24, 2.45) is 0 Å². The number of hydrogen-bond donors (Lipinski definition) is 1.